The minimum Gasteiger partial charge on any atom is -0.490 e. The Labute approximate surface area is 131 Å². The minimum absolute atomic E-state index is 0.392. The molecule has 0 bridgehead atoms. The van der Waals surface area contributed by atoms with Gasteiger partial charge < -0.3 is 15.2 Å². The standard InChI is InChI=1S/C18H22N2O2/c1-2-18(21)14-5-3-13(4-6-14)15-9-17(11-19-10-15)22-12-16-7-8-20-16/h3-6,9-11,16,18,20-21H,2,7-8,12H2,1H3/t16-,18?/m0/s1. The number of pyridine rings is 1. The fraction of sp³-hybridized carbons (Fsp3) is 0.389. The predicted octanol–water partition coefficient (Wildman–Crippen LogP) is 2.93. The zero-order chi connectivity index (χ0) is 15.4. The topological polar surface area (TPSA) is 54.4 Å². The second-order valence-electron chi connectivity index (χ2n) is 5.71. The Morgan fingerprint density at radius 2 is 2.05 bits per heavy atom. The van der Waals surface area contributed by atoms with Crippen LogP contribution in [0.15, 0.2) is 42.7 Å². The maximum atomic E-state index is 9.85. The molecule has 4 nitrogen and oxygen atoms in total. The maximum absolute atomic E-state index is 9.85. The van der Waals surface area contributed by atoms with E-state index in [1.165, 1.54) is 6.42 Å². The summed E-state index contributed by atoms with van der Waals surface area (Å²) in [4.78, 5) is 4.26. The molecule has 4 heteroatoms. The average Bonchev–Trinajstić information content (AvgIpc) is 2.53. The third kappa shape index (κ3) is 3.46. The molecule has 1 fully saturated rings. The van der Waals surface area contributed by atoms with Crippen molar-refractivity contribution in [1.29, 1.82) is 0 Å². The van der Waals surface area contributed by atoms with E-state index in [1.54, 1.807) is 6.20 Å². The fourth-order valence-corrected chi connectivity index (χ4v) is 2.48. The molecule has 0 spiro atoms. The first-order valence-electron chi connectivity index (χ1n) is 7.86. The number of hydrogen-bond acceptors (Lipinski definition) is 4. The molecule has 1 aromatic carbocycles. The Balaban J connectivity index is 1.70. The fourth-order valence-electron chi connectivity index (χ4n) is 2.48. The highest BCUT2D eigenvalue weighted by Gasteiger charge is 2.16. The van der Waals surface area contributed by atoms with Gasteiger partial charge in [0, 0.05) is 17.8 Å². The van der Waals surface area contributed by atoms with Crippen LogP contribution in [-0.4, -0.2) is 29.3 Å². The van der Waals surface area contributed by atoms with Crippen LogP contribution >= 0.6 is 0 Å². The second kappa shape index (κ2) is 6.90. The highest BCUT2D eigenvalue weighted by Crippen LogP contribution is 2.25. The molecule has 0 saturated carbocycles. The number of aliphatic hydroxyl groups excluding tert-OH is 1. The van der Waals surface area contributed by atoms with E-state index >= 15 is 0 Å². The summed E-state index contributed by atoms with van der Waals surface area (Å²) >= 11 is 0. The summed E-state index contributed by atoms with van der Waals surface area (Å²) in [5.41, 5.74) is 3.05. The molecular formula is C18H22N2O2. The van der Waals surface area contributed by atoms with E-state index in [9.17, 15) is 5.11 Å². The van der Waals surface area contributed by atoms with Gasteiger partial charge in [-0.15, -0.1) is 0 Å². The first-order chi connectivity index (χ1) is 10.8. The highest BCUT2D eigenvalue weighted by molar-refractivity contribution is 5.64. The van der Waals surface area contributed by atoms with Crippen molar-refractivity contribution in [3.05, 3.63) is 48.3 Å². The molecule has 0 amide bonds. The van der Waals surface area contributed by atoms with Gasteiger partial charge in [-0.05, 0) is 36.6 Å². The number of nitrogens with one attached hydrogen (secondary N) is 1. The lowest BCUT2D eigenvalue weighted by molar-refractivity contribution is 0.173. The molecule has 116 valence electrons. The quantitative estimate of drug-likeness (QED) is 0.861. The Hall–Kier alpha value is -1.91. The molecule has 0 aliphatic carbocycles. The van der Waals surface area contributed by atoms with Crippen LogP contribution in [0.2, 0.25) is 0 Å². The number of hydrogen-bond donors (Lipinski definition) is 2. The van der Waals surface area contributed by atoms with Gasteiger partial charge in [-0.3, -0.25) is 4.98 Å². The molecule has 2 atom stereocenters. The molecule has 2 heterocycles. The lowest BCUT2D eigenvalue weighted by Crippen LogP contribution is -2.46. The molecular weight excluding hydrogens is 276 g/mol. The summed E-state index contributed by atoms with van der Waals surface area (Å²) in [6, 6.07) is 10.4. The van der Waals surface area contributed by atoms with E-state index in [1.807, 2.05) is 43.5 Å². The Morgan fingerprint density at radius 3 is 2.68 bits per heavy atom. The third-order valence-electron chi connectivity index (χ3n) is 4.11. The van der Waals surface area contributed by atoms with Gasteiger partial charge in [-0.2, -0.15) is 0 Å². The summed E-state index contributed by atoms with van der Waals surface area (Å²) in [6.07, 6.45) is 5.09. The SMILES string of the molecule is CCC(O)c1ccc(-c2cncc(OC[C@@H]3CCN3)c2)cc1. The second-order valence-corrected chi connectivity index (χ2v) is 5.71. The maximum Gasteiger partial charge on any atom is 0.138 e. The number of nitrogens with zero attached hydrogens (tertiary/aromatic N) is 1. The summed E-state index contributed by atoms with van der Waals surface area (Å²) in [7, 11) is 0. The van der Waals surface area contributed by atoms with Crippen LogP contribution in [0, 0.1) is 0 Å². The lowest BCUT2D eigenvalue weighted by atomic mass is 10.0. The summed E-state index contributed by atoms with van der Waals surface area (Å²) in [5.74, 6) is 0.795. The van der Waals surface area contributed by atoms with Crippen molar-refractivity contribution in [3.63, 3.8) is 0 Å². The van der Waals surface area contributed by atoms with Crippen LogP contribution in [-0.2, 0) is 0 Å². The molecule has 2 aromatic rings. The van der Waals surface area contributed by atoms with Crippen LogP contribution in [0.5, 0.6) is 5.75 Å². The van der Waals surface area contributed by atoms with Crippen molar-refractivity contribution in [2.45, 2.75) is 31.9 Å². The molecule has 1 aliphatic rings. The van der Waals surface area contributed by atoms with Crippen LogP contribution in [0.3, 0.4) is 0 Å². The monoisotopic (exact) mass is 298 g/mol. The van der Waals surface area contributed by atoms with Gasteiger partial charge in [0.15, 0.2) is 0 Å². The summed E-state index contributed by atoms with van der Waals surface area (Å²) in [5, 5.41) is 13.2. The van der Waals surface area contributed by atoms with Crippen LogP contribution < -0.4 is 10.1 Å². The van der Waals surface area contributed by atoms with Gasteiger partial charge in [-0.25, -0.2) is 0 Å². The zero-order valence-electron chi connectivity index (χ0n) is 12.8. The van der Waals surface area contributed by atoms with E-state index in [-0.39, 0.29) is 0 Å². The third-order valence-corrected chi connectivity index (χ3v) is 4.11. The van der Waals surface area contributed by atoms with Crippen LogP contribution in [0.25, 0.3) is 11.1 Å². The lowest BCUT2D eigenvalue weighted by Gasteiger charge is -2.27. The van der Waals surface area contributed by atoms with Gasteiger partial charge in [0.2, 0.25) is 0 Å². The first kappa shape index (κ1) is 15.0. The number of aliphatic hydroxyl groups is 1. The van der Waals surface area contributed by atoms with Gasteiger partial charge in [0.05, 0.1) is 12.3 Å². The van der Waals surface area contributed by atoms with E-state index in [0.29, 0.717) is 12.6 Å². The Kier molecular flexibility index (Phi) is 4.71. The van der Waals surface area contributed by atoms with Crippen molar-refractivity contribution in [2.75, 3.05) is 13.2 Å². The largest absolute Gasteiger partial charge is 0.490 e. The van der Waals surface area contributed by atoms with Crippen molar-refractivity contribution < 1.29 is 9.84 Å². The molecule has 1 aliphatic heterocycles. The van der Waals surface area contributed by atoms with Crippen LogP contribution in [0.1, 0.15) is 31.4 Å². The van der Waals surface area contributed by atoms with Crippen molar-refractivity contribution in [1.82, 2.24) is 10.3 Å². The molecule has 1 aromatic heterocycles. The first-order valence-corrected chi connectivity index (χ1v) is 7.86. The molecule has 1 unspecified atom stereocenters. The van der Waals surface area contributed by atoms with E-state index in [2.05, 4.69) is 10.3 Å². The van der Waals surface area contributed by atoms with Crippen LogP contribution in [0.4, 0.5) is 0 Å². The number of rotatable bonds is 6. The van der Waals surface area contributed by atoms with E-state index < -0.39 is 6.10 Å². The summed E-state index contributed by atoms with van der Waals surface area (Å²) < 4.78 is 5.79. The Bertz CT molecular complexity index is 609. The van der Waals surface area contributed by atoms with Crippen molar-refractivity contribution in [3.8, 4) is 16.9 Å². The average molecular weight is 298 g/mol. The highest BCUT2D eigenvalue weighted by atomic mass is 16.5. The van der Waals surface area contributed by atoms with Crippen molar-refractivity contribution in [2.24, 2.45) is 0 Å². The summed E-state index contributed by atoms with van der Waals surface area (Å²) in [6.45, 7) is 3.75. The number of aromatic nitrogens is 1. The predicted molar refractivity (Wildman–Crippen MR) is 86.8 cm³/mol. The molecule has 1 saturated heterocycles. The molecule has 0 radical (unpaired) electrons. The van der Waals surface area contributed by atoms with Gasteiger partial charge in [0.1, 0.15) is 12.4 Å². The molecule has 3 rings (SSSR count). The van der Waals surface area contributed by atoms with E-state index in [4.69, 9.17) is 4.74 Å². The number of benzene rings is 1. The smallest absolute Gasteiger partial charge is 0.138 e. The van der Waals surface area contributed by atoms with Gasteiger partial charge >= 0.3 is 0 Å². The molecule has 22 heavy (non-hydrogen) atoms. The Morgan fingerprint density at radius 1 is 1.27 bits per heavy atom. The zero-order valence-corrected chi connectivity index (χ0v) is 12.8. The number of ether oxygens (including phenoxy) is 1. The molecule has 2 N–H and O–H groups in total. The minimum atomic E-state index is -0.392. The normalized spacial score (nSPS) is 18.5. The van der Waals surface area contributed by atoms with Gasteiger partial charge in [-0.1, -0.05) is 31.2 Å². The van der Waals surface area contributed by atoms with Gasteiger partial charge in [0.25, 0.3) is 0 Å². The van der Waals surface area contributed by atoms with Crippen molar-refractivity contribution >= 4 is 0 Å². The van der Waals surface area contributed by atoms with E-state index in [0.717, 1.165) is 35.4 Å².